The van der Waals surface area contributed by atoms with E-state index in [9.17, 15) is 4.79 Å². The van der Waals surface area contributed by atoms with E-state index in [1.165, 1.54) is 12.1 Å². The number of aromatic nitrogens is 1. The highest BCUT2D eigenvalue weighted by atomic mass is 35.5. The van der Waals surface area contributed by atoms with Crippen LogP contribution in [0, 0.1) is 0 Å². The number of hydrogen-bond donors (Lipinski definition) is 3. The zero-order valence-electron chi connectivity index (χ0n) is 11.2. The third kappa shape index (κ3) is 4.07. The summed E-state index contributed by atoms with van der Waals surface area (Å²) in [6, 6.07) is 10.1. The molecule has 21 heavy (non-hydrogen) atoms. The summed E-state index contributed by atoms with van der Waals surface area (Å²) < 4.78 is 0. The van der Waals surface area contributed by atoms with Crippen molar-refractivity contribution in [2.45, 2.75) is 13.0 Å². The summed E-state index contributed by atoms with van der Waals surface area (Å²) >= 11 is 11.7. The highest BCUT2D eigenvalue weighted by molar-refractivity contribution is 6.30. The summed E-state index contributed by atoms with van der Waals surface area (Å²) in [5.41, 5.74) is 3.69. The number of nitrogens with two attached hydrogens (primary N) is 1. The minimum absolute atomic E-state index is 0.170. The van der Waals surface area contributed by atoms with E-state index in [4.69, 9.17) is 29.0 Å². The van der Waals surface area contributed by atoms with E-state index in [1.807, 2.05) is 19.1 Å². The van der Waals surface area contributed by atoms with Gasteiger partial charge in [0.15, 0.2) is 0 Å². The summed E-state index contributed by atoms with van der Waals surface area (Å²) in [5, 5.41) is 3.71. The molecule has 1 amide bonds. The lowest BCUT2D eigenvalue weighted by Crippen LogP contribution is -2.27. The van der Waals surface area contributed by atoms with Crippen LogP contribution in [-0.4, -0.2) is 10.9 Å². The van der Waals surface area contributed by atoms with Crippen LogP contribution in [0.15, 0.2) is 36.4 Å². The van der Waals surface area contributed by atoms with Crippen LogP contribution in [0.1, 0.15) is 28.9 Å². The topological polar surface area (TPSA) is 80.0 Å². The van der Waals surface area contributed by atoms with Gasteiger partial charge in [-0.25, -0.2) is 10.8 Å². The molecule has 7 heteroatoms. The lowest BCUT2D eigenvalue weighted by Gasteiger charge is -2.15. The molecule has 2 aromatic rings. The summed E-state index contributed by atoms with van der Waals surface area (Å²) in [6.07, 6.45) is 0. The molecule has 0 spiro atoms. The zero-order chi connectivity index (χ0) is 15.4. The molecule has 1 aromatic heterocycles. The molecule has 1 heterocycles. The fourth-order valence-electron chi connectivity index (χ4n) is 1.82. The van der Waals surface area contributed by atoms with Gasteiger partial charge in [0, 0.05) is 10.6 Å². The molecular weight excluding hydrogens is 311 g/mol. The van der Waals surface area contributed by atoms with Crippen LogP contribution in [0.25, 0.3) is 0 Å². The quantitative estimate of drug-likeness (QED) is 0.458. The van der Waals surface area contributed by atoms with Crippen molar-refractivity contribution < 1.29 is 4.79 Å². The molecule has 1 unspecified atom stereocenters. The molecular formula is C14H14Cl2N4O. The third-order valence-electron chi connectivity index (χ3n) is 2.92. The van der Waals surface area contributed by atoms with E-state index >= 15 is 0 Å². The number of benzene rings is 1. The van der Waals surface area contributed by atoms with Crippen molar-refractivity contribution in [1.82, 2.24) is 10.3 Å². The number of carbonyl (C=O) groups is 1. The number of hydrogen-bond acceptors (Lipinski definition) is 4. The van der Waals surface area contributed by atoms with Gasteiger partial charge in [-0.2, -0.15) is 0 Å². The first-order chi connectivity index (χ1) is 9.99. The number of halogens is 2. The largest absolute Gasteiger partial charge is 0.346 e. The fourth-order valence-corrected chi connectivity index (χ4v) is 2.15. The second-order valence-corrected chi connectivity index (χ2v) is 5.28. The van der Waals surface area contributed by atoms with Crippen molar-refractivity contribution in [2.24, 2.45) is 5.84 Å². The van der Waals surface area contributed by atoms with Gasteiger partial charge in [0.05, 0.1) is 6.04 Å². The summed E-state index contributed by atoms with van der Waals surface area (Å²) in [5.74, 6) is 5.34. The Bertz CT molecular complexity index is 646. The minimum Gasteiger partial charge on any atom is -0.346 e. The third-order valence-corrected chi connectivity index (χ3v) is 3.37. The minimum atomic E-state index is -0.266. The first kappa shape index (κ1) is 15.6. The van der Waals surface area contributed by atoms with Crippen molar-refractivity contribution in [3.05, 3.63) is 57.7 Å². The molecule has 0 aliphatic carbocycles. The molecule has 1 atom stereocenters. The SMILES string of the molecule is CC(NC(=O)c1cc(Cl)nc(NN)c1)c1ccc(Cl)cc1. The van der Waals surface area contributed by atoms with Gasteiger partial charge in [-0.1, -0.05) is 35.3 Å². The summed E-state index contributed by atoms with van der Waals surface area (Å²) in [6.45, 7) is 1.88. The number of hydrazine groups is 1. The van der Waals surface area contributed by atoms with Gasteiger partial charge in [0.25, 0.3) is 5.91 Å². The van der Waals surface area contributed by atoms with E-state index in [0.717, 1.165) is 5.56 Å². The van der Waals surface area contributed by atoms with Gasteiger partial charge in [-0.15, -0.1) is 0 Å². The van der Waals surface area contributed by atoms with Crippen LogP contribution in [0.5, 0.6) is 0 Å². The number of nitrogen functional groups attached to an aromatic ring is 1. The van der Waals surface area contributed by atoms with Gasteiger partial charge in [0.1, 0.15) is 11.0 Å². The van der Waals surface area contributed by atoms with Crippen molar-refractivity contribution in [3.8, 4) is 0 Å². The van der Waals surface area contributed by atoms with Crippen molar-refractivity contribution in [1.29, 1.82) is 0 Å². The standard InChI is InChI=1S/C14H14Cl2N4O/c1-8(9-2-4-11(15)5-3-9)18-14(21)10-6-12(16)19-13(7-10)20-17/h2-8H,17H2,1H3,(H,18,21)(H,19,20). The summed E-state index contributed by atoms with van der Waals surface area (Å²) in [4.78, 5) is 16.1. The average Bonchev–Trinajstić information content (AvgIpc) is 2.47. The number of anilines is 1. The molecule has 0 radical (unpaired) electrons. The number of nitrogens with zero attached hydrogens (tertiary/aromatic N) is 1. The maximum Gasteiger partial charge on any atom is 0.251 e. The maximum atomic E-state index is 12.2. The Morgan fingerprint density at radius 2 is 1.90 bits per heavy atom. The van der Waals surface area contributed by atoms with Crippen LogP contribution in [0.4, 0.5) is 5.82 Å². The molecule has 0 bridgehead atoms. The number of amides is 1. The Morgan fingerprint density at radius 3 is 2.52 bits per heavy atom. The van der Waals surface area contributed by atoms with Gasteiger partial charge >= 0.3 is 0 Å². The van der Waals surface area contributed by atoms with Gasteiger partial charge in [-0.3, -0.25) is 4.79 Å². The van der Waals surface area contributed by atoms with Gasteiger partial charge < -0.3 is 10.7 Å². The van der Waals surface area contributed by atoms with Crippen LogP contribution in [0.3, 0.4) is 0 Å². The molecule has 4 N–H and O–H groups in total. The lowest BCUT2D eigenvalue weighted by atomic mass is 10.1. The highest BCUT2D eigenvalue weighted by Gasteiger charge is 2.13. The molecule has 110 valence electrons. The predicted molar refractivity (Wildman–Crippen MR) is 84.4 cm³/mol. The molecule has 0 saturated carbocycles. The van der Waals surface area contributed by atoms with Crippen molar-refractivity contribution in [3.63, 3.8) is 0 Å². The predicted octanol–water partition coefficient (Wildman–Crippen LogP) is 3.17. The molecule has 0 aliphatic rings. The van der Waals surface area contributed by atoms with E-state index in [1.54, 1.807) is 12.1 Å². The highest BCUT2D eigenvalue weighted by Crippen LogP contribution is 2.18. The monoisotopic (exact) mass is 324 g/mol. The van der Waals surface area contributed by atoms with E-state index < -0.39 is 0 Å². The van der Waals surface area contributed by atoms with Crippen molar-refractivity contribution in [2.75, 3.05) is 5.43 Å². The Labute approximate surface area is 132 Å². The molecule has 0 fully saturated rings. The Balaban J connectivity index is 2.13. The van der Waals surface area contributed by atoms with Gasteiger partial charge in [-0.05, 0) is 36.8 Å². The smallest absolute Gasteiger partial charge is 0.251 e. The first-order valence-electron chi connectivity index (χ1n) is 6.20. The van der Waals surface area contributed by atoms with E-state index in [2.05, 4.69) is 15.7 Å². The second-order valence-electron chi connectivity index (χ2n) is 4.45. The van der Waals surface area contributed by atoms with Crippen LogP contribution < -0.4 is 16.6 Å². The first-order valence-corrected chi connectivity index (χ1v) is 6.95. The fraction of sp³-hybridized carbons (Fsp3) is 0.143. The van der Waals surface area contributed by atoms with Crippen LogP contribution in [-0.2, 0) is 0 Å². The van der Waals surface area contributed by atoms with E-state index in [-0.39, 0.29) is 17.1 Å². The van der Waals surface area contributed by atoms with Gasteiger partial charge in [0.2, 0.25) is 0 Å². The van der Waals surface area contributed by atoms with Crippen LogP contribution >= 0.6 is 23.2 Å². The molecule has 0 saturated heterocycles. The van der Waals surface area contributed by atoms with E-state index in [0.29, 0.717) is 16.4 Å². The lowest BCUT2D eigenvalue weighted by molar-refractivity contribution is 0.0940. The number of nitrogens with one attached hydrogen (secondary N) is 2. The average molecular weight is 325 g/mol. The number of pyridine rings is 1. The number of carbonyl (C=O) groups excluding carboxylic acids is 1. The number of rotatable bonds is 4. The Hall–Kier alpha value is -1.82. The Kier molecular flexibility index (Phi) is 5.01. The molecule has 0 aliphatic heterocycles. The van der Waals surface area contributed by atoms with Crippen molar-refractivity contribution >= 4 is 34.9 Å². The molecule has 1 aromatic carbocycles. The second kappa shape index (κ2) is 6.76. The zero-order valence-corrected chi connectivity index (χ0v) is 12.7. The molecule has 2 rings (SSSR count). The normalized spacial score (nSPS) is 11.8. The Morgan fingerprint density at radius 1 is 1.24 bits per heavy atom. The summed E-state index contributed by atoms with van der Waals surface area (Å²) in [7, 11) is 0. The maximum absolute atomic E-state index is 12.2. The molecule has 5 nitrogen and oxygen atoms in total. The van der Waals surface area contributed by atoms with Crippen LogP contribution in [0.2, 0.25) is 10.2 Å².